The minimum absolute atomic E-state index is 0.195. The van der Waals surface area contributed by atoms with Crippen LogP contribution in [0.25, 0.3) is 10.1 Å². The molecular formula is C30H46N2O4S. The summed E-state index contributed by atoms with van der Waals surface area (Å²) in [5.41, 5.74) is -0.245. The Labute approximate surface area is 226 Å². The van der Waals surface area contributed by atoms with Crippen molar-refractivity contribution in [3.63, 3.8) is 0 Å². The molecule has 37 heavy (non-hydrogen) atoms. The quantitative estimate of drug-likeness (QED) is 0.343. The summed E-state index contributed by atoms with van der Waals surface area (Å²) in [6, 6.07) is 8.24. The van der Waals surface area contributed by atoms with E-state index in [-0.39, 0.29) is 5.91 Å². The first-order valence-corrected chi connectivity index (χ1v) is 15.1. The first-order chi connectivity index (χ1) is 18.0. The molecule has 3 atom stereocenters. The maximum absolute atomic E-state index is 13.6. The lowest BCUT2D eigenvalue weighted by Gasteiger charge is -2.43. The number of nitrogens with one attached hydrogen (secondary N) is 1. The van der Waals surface area contributed by atoms with Gasteiger partial charge < -0.3 is 24.8 Å². The molecule has 1 saturated carbocycles. The molecule has 4 rings (SSSR count). The van der Waals surface area contributed by atoms with E-state index in [4.69, 9.17) is 9.47 Å². The standard InChI is InChI=1S/C30H46N2O4S/c1-31-21-24(19-23-9-4-3-5-10-23)20-28(33)32-15-17-36-27(22-32)30(34,14-6-7-16-35-2)26-12-8-11-25-13-18-37-29(25)26/h8,11-13,18,23-24,27,31,34H,3-7,9-10,14-17,19-22H2,1-2H3/t24-,27-,30-/m1/s1. The summed E-state index contributed by atoms with van der Waals surface area (Å²) in [5.74, 6) is 1.30. The molecule has 1 aromatic carbocycles. The number of thiophene rings is 1. The monoisotopic (exact) mass is 530 g/mol. The highest BCUT2D eigenvalue weighted by molar-refractivity contribution is 7.17. The fourth-order valence-corrected chi connectivity index (χ4v) is 7.40. The average molecular weight is 531 g/mol. The van der Waals surface area contributed by atoms with Gasteiger partial charge in [-0.2, -0.15) is 0 Å². The Morgan fingerprint density at radius 2 is 2.11 bits per heavy atom. The number of unbranched alkanes of at least 4 members (excludes halogenated alkanes) is 1. The van der Waals surface area contributed by atoms with Gasteiger partial charge in [-0.15, -0.1) is 11.3 Å². The van der Waals surface area contributed by atoms with E-state index in [2.05, 4.69) is 22.8 Å². The molecule has 6 nitrogen and oxygen atoms in total. The van der Waals surface area contributed by atoms with Crippen LogP contribution in [0.3, 0.4) is 0 Å². The molecular weight excluding hydrogens is 484 g/mol. The van der Waals surface area contributed by atoms with Crippen molar-refractivity contribution in [3.05, 3.63) is 35.2 Å². The molecule has 1 amide bonds. The lowest BCUT2D eigenvalue weighted by atomic mass is 9.81. The van der Waals surface area contributed by atoms with Crippen molar-refractivity contribution >= 4 is 27.3 Å². The molecule has 1 aliphatic carbocycles. The lowest BCUT2D eigenvalue weighted by molar-refractivity contribution is -0.165. The molecule has 0 radical (unpaired) electrons. The van der Waals surface area contributed by atoms with E-state index in [0.717, 1.165) is 47.4 Å². The van der Waals surface area contributed by atoms with E-state index in [9.17, 15) is 9.90 Å². The minimum Gasteiger partial charge on any atom is -0.385 e. The maximum Gasteiger partial charge on any atom is 0.223 e. The van der Waals surface area contributed by atoms with Crippen LogP contribution in [0.2, 0.25) is 0 Å². The SMILES string of the molecule is CNC[C@@H](CC(=O)N1CCO[C@@H]([C@@](O)(CCCCOC)c2cccc3ccsc23)C1)CC1CCCCC1. The Morgan fingerprint density at radius 1 is 1.27 bits per heavy atom. The van der Waals surface area contributed by atoms with E-state index in [1.165, 1.54) is 32.1 Å². The summed E-state index contributed by atoms with van der Waals surface area (Å²) >= 11 is 1.66. The third-order valence-electron chi connectivity index (χ3n) is 8.40. The molecule has 2 aliphatic rings. The number of nitrogens with zero attached hydrogens (tertiary/aromatic N) is 1. The van der Waals surface area contributed by atoms with Crippen molar-refractivity contribution in [2.24, 2.45) is 11.8 Å². The van der Waals surface area contributed by atoms with Crippen LogP contribution < -0.4 is 5.32 Å². The third kappa shape index (κ3) is 7.33. The molecule has 1 aliphatic heterocycles. The smallest absolute Gasteiger partial charge is 0.223 e. The minimum atomic E-state index is -1.16. The number of fused-ring (bicyclic) bond motifs is 1. The molecule has 0 unspecified atom stereocenters. The van der Waals surface area contributed by atoms with Crippen LogP contribution in [0, 0.1) is 11.8 Å². The van der Waals surface area contributed by atoms with Crippen LogP contribution in [0.5, 0.6) is 0 Å². The molecule has 2 N–H and O–H groups in total. The zero-order chi connectivity index (χ0) is 26.1. The first-order valence-electron chi connectivity index (χ1n) is 14.3. The third-order valence-corrected chi connectivity index (χ3v) is 9.36. The van der Waals surface area contributed by atoms with Gasteiger partial charge in [0.05, 0.1) is 13.2 Å². The van der Waals surface area contributed by atoms with Crippen molar-refractivity contribution in [2.45, 2.75) is 75.9 Å². The van der Waals surface area contributed by atoms with Gasteiger partial charge in [-0.3, -0.25) is 4.79 Å². The van der Waals surface area contributed by atoms with Gasteiger partial charge in [-0.25, -0.2) is 0 Å². The van der Waals surface area contributed by atoms with E-state index >= 15 is 0 Å². The van der Waals surface area contributed by atoms with E-state index in [0.29, 0.717) is 45.1 Å². The van der Waals surface area contributed by atoms with Crippen LogP contribution >= 0.6 is 11.3 Å². The largest absolute Gasteiger partial charge is 0.385 e. The number of methoxy groups -OCH3 is 1. The molecule has 1 saturated heterocycles. The summed E-state index contributed by atoms with van der Waals surface area (Å²) < 4.78 is 12.6. The van der Waals surface area contributed by atoms with Gasteiger partial charge in [0.25, 0.3) is 0 Å². The second-order valence-corrected chi connectivity index (χ2v) is 12.0. The normalized spacial score (nSPS) is 21.7. The van der Waals surface area contributed by atoms with Gasteiger partial charge in [0, 0.05) is 36.9 Å². The number of carbonyl (C=O) groups is 1. The van der Waals surface area contributed by atoms with Crippen LogP contribution in [0.1, 0.15) is 69.8 Å². The van der Waals surface area contributed by atoms with E-state index < -0.39 is 11.7 Å². The predicted octanol–water partition coefficient (Wildman–Crippen LogP) is 5.33. The second-order valence-electron chi connectivity index (χ2n) is 11.1. The van der Waals surface area contributed by atoms with Crippen LogP contribution in [0.4, 0.5) is 0 Å². The average Bonchev–Trinajstić information content (AvgIpc) is 3.41. The fourth-order valence-electron chi connectivity index (χ4n) is 6.41. The summed E-state index contributed by atoms with van der Waals surface area (Å²) in [6.45, 7) is 3.02. The van der Waals surface area contributed by atoms with Crippen molar-refractivity contribution in [1.82, 2.24) is 10.2 Å². The van der Waals surface area contributed by atoms with Crippen molar-refractivity contribution in [3.8, 4) is 0 Å². The highest BCUT2D eigenvalue weighted by atomic mass is 32.1. The molecule has 7 heteroatoms. The molecule has 2 heterocycles. The van der Waals surface area contributed by atoms with Gasteiger partial charge in [0.2, 0.25) is 5.91 Å². The number of morpholine rings is 1. The summed E-state index contributed by atoms with van der Waals surface area (Å²) in [5, 5.41) is 18.8. The predicted molar refractivity (Wildman–Crippen MR) is 151 cm³/mol. The number of aliphatic hydroxyl groups is 1. The number of carbonyl (C=O) groups excluding carboxylic acids is 1. The van der Waals surface area contributed by atoms with E-state index in [1.54, 1.807) is 18.4 Å². The van der Waals surface area contributed by atoms with Crippen LogP contribution in [0.15, 0.2) is 29.6 Å². The molecule has 1 aromatic heterocycles. The maximum atomic E-state index is 13.6. The Bertz CT molecular complexity index is 975. The fraction of sp³-hybridized carbons (Fsp3) is 0.700. The highest BCUT2D eigenvalue weighted by Crippen LogP contribution is 2.40. The van der Waals surface area contributed by atoms with Crippen LogP contribution in [-0.4, -0.2) is 69.0 Å². The Balaban J connectivity index is 1.48. The molecule has 0 spiro atoms. The Morgan fingerprint density at radius 3 is 2.89 bits per heavy atom. The molecule has 2 aromatic rings. The van der Waals surface area contributed by atoms with Crippen LogP contribution in [-0.2, 0) is 19.9 Å². The number of rotatable bonds is 13. The van der Waals surface area contributed by atoms with Crippen molar-refractivity contribution < 1.29 is 19.4 Å². The van der Waals surface area contributed by atoms with Gasteiger partial charge >= 0.3 is 0 Å². The van der Waals surface area contributed by atoms with Gasteiger partial charge in [0.1, 0.15) is 11.7 Å². The Hall–Kier alpha value is -1.51. The second kappa shape index (κ2) is 14.0. The lowest BCUT2D eigenvalue weighted by Crippen LogP contribution is -2.54. The summed E-state index contributed by atoms with van der Waals surface area (Å²) in [7, 11) is 3.69. The topological polar surface area (TPSA) is 71.0 Å². The molecule has 206 valence electrons. The van der Waals surface area contributed by atoms with Crippen molar-refractivity contribution in [2.75, 3.05) is 47.0 Å². The zero-order valence-electron chi connectivity index (χ0n) is 22.8. The van der Waals surface area contributed by atoms with Gasteiger partial charge in [-0.1, -0.05) is 50.3 Å². The number of ether oxygens (including phenoxy) is 2. The number of amides is 1. The highest BCUT2D eigenvalue weighted by Gasteiger charge is 2.43. The number of benzene rings is 1. The summed E-state index contributed by atoms with van der Waals surface area (Å²) in [6.07, 6.45) is 10.1. The Kier molecular flexibility index (Phi) is 10.8. The molecule has 2 fully saturated rings. The first kappa shape index (κ1) is 28.5. The number of hydrogen-bond donors (Lipinski definition) is 2. The molecule has 0 bridgehead atoms. The zero-order valence-corrected chi connectivity index (χ0v) is 23.6. The van der Waals surface area contributed by atoms with E-state index in [1.807, 2.05) is 24.1 Å². The summed E-state index contributed by atoms with van der Waals surface area (Å²) in [4.78, 5) is 15.5. The number of hydrogen-bond acceptors (Lipinski definition) is 6. The van der Waals surface area contributed by atoms with Gasteiger partial charge in [-0.05, 0) is 67.9 Å². The van der Waals surface area contributed by atoms with Crippen molar-refractivity contribution in [1.29, 1.82) is 0 Å². The van der Waals surface area contributed by atoms with Gasteiger partial charge in [0.15, 0.2) is 0 Å².